The Morgan fingerprint density at radius 2 is 1.79 bits per heavy atom. The van der Waals surface area contributed by atoms with Crippen molar-refractivity contribution < 1.29 is 0 Å². The lowest BCUT2D eigenvalue weighted by molar-refractivity contribution is 0.374. The molecule has 4 atom stereocenters. The Hall–Kier alpha value is -2.67. The zero-order valence-electron chi connectivity index (χ0n) is 19.0. The number of nitrogens with one attached hydrogen (secondary N) is 1. The third-order valence-electron chi connectivity index (χ3n) is 7.64. The summed E-state index contributed by atoms with van der Waals surface area (Å²) in [6.45, 7) is 5.00. The van der Waals surface area contributed by atoms with Crippen molar-refractivity contribution >= 4 is 23.4 Å². The number of rotatable bonds is 4. The topological polar surface area (TPSA) is 71.8 Å². The first-order valence-electron chi connectivity index (χ1n) is 12.1. The normalized spacial score (nSPS) is 26.7. The summed E-state index contributed by atoms with van der Waals surface area (Å²) in [6.07, 6.45) is 7.58. The average molecular weight is 464 g/mol. The molecule has 2 aromatic heterocycles. The van der Waals surface area contributed by atoms with Gasteiger partial charge in [0.1, 0.15) is 18.0 Å². The number of fused-ring (bicyclic) bond motifs is 3. The number of piperidine rings is 1. The summed E-state index contributed by atoms with van der Waals surface area (Å²) in [5.41, 5.74) is 2.29. The van der Waals surface area contributed by atoms with E-state index in [4.69, 9.17) is 21.7 Å². The minimum Gasteiger partial charge on any atom is -0.356 e. The second kappa shape index (κ2) is 8.60. The van der Waals surface area contributed by atoms with E-state index >= 15 is 0 Å². The largest absolute Gasteiger partial charge is 0.356 e. The summed E-state index contributed by atoms with van der Waals surface area (Å²) in [5.74, 6) is 4.35. The van der Waals surface area contributed by atoms with Gasteiger partial charge < -0.3 is 10.2 Å². The van der Waals surface area contributed by atoms with Crippen LogP contribution in [0.15, 0.2) is 36.7 Å². The number of anilines is 2. The molecule has 172 valence electrons. The molecule has 3 aliphatic rings. The molecule has 33 heavy (non-hydrogen) atoms. The molecule has 1 saturated heterocycles. The van der Waals surface area contributed by atoms with Gasteiger partial charge in [-0.2, -0.15) is 4.98 Å². The molecule has 4 heterocycles. The first-order valence-corrected chi connectivity index (χ1v) is 12.5. The number of benzene rings is 1. The fourth-order valence-electron chi connectivity index (χ4n) is 6.00. The minimum atomic E-state index is 0.271. The predicted molar refractivity (Wildman–Crippen MR) is 130 cm³/mol. The van der Waals surface area contributed by atoms with Crippen LogP contribution in [0.5, 0.6) is 0 Å². The molecule has 3 aromatic rings. The van der Waals surface area contributed by atoms with Crippen molar-refractivity contribution in [3.05, 3.63) is 58.8 Å². The van der Waals surface area contributed by atoms with E-state index in [1.807, 2.05) is 19.1 Å². The van der Waals surface area contributed by atoms with E-state index in [0.29, 0.717) is 17.9 Å². The van der Waals surface area contributed by atoms with Gasteiger partial charge >= 0.3 is 0 Å². The lowest BCUT2D eigenvalue weighted by atomic mass is 9.92. The Morgan fingerprint density at radius 1 is 1.00 bits per heavy atom. The van der Waals surface area contributed by atoms with Gasteiger partial charge in [0, 0.05) is 48.4 Å². The van der Waals surface area contributed by atoms with Gasteiger partial charge in [0.25, 0.3) is 0 Å². The maximum absolute atomic E-state index is 6.13. The molecule has 0 spiro atoms. The second-order valence-corrected chi connectivity index (χ2v) is 10.2. The molecule has 8 heteroatoms. The van der Waals surface area contributed by atoms with Gasteiger partial charge in [-0.1, -0.05) is 30.2 Å². The van der Waals surface area contributed by atoms with Crippen LogP contribution in [0.1, 0.15) is 55.1 Å². The van der Waals surface area contributed by atoms with E-state index in [1.54, 1.807) is 6.33 Å². The molecular formula is C25H30ClN7. The van der Waals surface area contributed by atoms with E-state index in [9.17, 15) is 0 Å². The maximum atomic E-state index is 6.13. The lowest BCUT2D eigenvalue weighted by Gasteiger charge is -2.38. The fraction of sp³-hybridized carbons (Fsp3) is 0.520. The molecule has 1 aromatic carbocycles. The highest BCUT2D eigenvalue weighted by Crippen LogP contribution is 2.40. The zero-order chi connectivity index (χ0) is 22.4. The van der Waals surface area contributed by atoms with Gasteiger partial charge in [0.05, 0.1) is 0 Å². The molecule has 0 radical (unpaired) electrons. The van der Waals surface area contributed by atoms with Crippen LogP contribution in [0.4, 0.5) is 11.8 Å². The molecule has 2 fully saturated rings. The van der Waals surface area contributed by atoms with Crippen LogP contribution in [0.2, 0.25) is 5.02 Å². The van der Waals surface area contributed by atoms with E-state index < -0.39 is 0 Å². The maximum Gasteiger partial charge on any atom is 0.242 e. The number of nitrogens with zero attached hydrogens (tertiary/aromatic N) is 6. The summed E-state index contributed by atoms with van der Waals surface area (Å²) < 4.78 is 2.13. The molecule has 2 bridgehead atoms. The summed E-state index contributed by atoms with van der Waals surface area (Å²) in [6, 6.07) is 10.7. The number of halogens is 1. The van der Waals surface area contributed by atoms with Crippen LogP contribution >= 0.6 is 11.6 Å². The van der Waals surface area contributed by atoms with Gasteiger partial charge in [-0.25, -0.2) is 14.6 Å². The Balaban J connectivity index is 1.21. The number of aryl methyl sites for hydroxylation is 2. The molecule has 1 N–H and O–H groups in total. The summed E-state index contributed by atoms with van der Waals surface area (Å²) in [4.78, 5) is 16.3. The van der Waals surface area contributed by atoms with E-state index in [1.165, 1.54) is 24.8 Å². The molecule has 2 aliphatic heterocycles. The summed E-state index contributed by atoms with van der Waals surface area (Å²) in [5, 5.41) is 9.45. The highest BCUT2D eigenvalue weighted by atomic mass is 35.5. The molecule has 1 aliphatic carbocycles. The van der Waals surface area contributed by atoms with E-state index in [-0.39, 0.29) is 5.92 Å². The van der Waals surface area contributed by atoms with Crippen molar-refractivity contribution in [2.45, 2.75) is 57.5 Å². The molecule has 1 unspecified atom stereocenters. The fourth-order valence-corrected chi connectivity index (χ4v) is 6.12. The number of hydrogen-bond acceptors (Lipinski definition) is 6. The lowest BCUT2D eigenvalue weighted by Crippen LogP contribution is -2.48. The second-order valence-electron chi connectivity index (χ2n) is 9.81. The van der Waals surface area contributed by atoms with Crippen molar-refractivity contribution in [1.82, 2.24) is 24.7 Å². The molecular weight excluding hydrogens is 434 g/mol. The predicted octanol–water partition coefficient (Wildman–Crippen LogP) is 4.67. The van der Waals surface area contributed by atoms with Crippen LogP contribution in [0, 0.1) is 18.8 Å². The Kier molecular flexibility index (Phi) is 5.45. The summed E-state index contributed by atoms with van der Waals surface area (Å²) >= 11 is 6.13. The molecule has 1 saturated carbocycles. The van der Waals surface area contributed by atoms with Gasteiger partial charge in [-0.3, -0.25) is 0 Å². The first-order chi connectivity index (χ1) is 16.1. The van der Waals surface area contributed by atoms with Crippen molar-refractivity contribution in [2.75, 3.05) is 23.3 Å². The standard InChI is InChI=1S/C25H30ClN7/c1-16-12-22(28-15-27-16)32-13-18-5-6-19(14-32)23(18)29-25-30-24-21(4-2-3-11-33(24)31-25)17-7-9-20(26)10-8-17/h7-10,12,15,18-19,21,23H,2-6,11,13-14H2,1H3,(H,29,31)/t18-,19+,21?,23-. The van der Waals surface area contributed by atoms with E-state index in [0.717, 1.165) is 60.8 Å². The van der Waals surface area contributed by atoms with Gasteiger partial charge in [0.15, 0.2) is 0 Å². The first kappa shape index (κ1) is 20.9. The van der Waals surface area contributed by atoms with Crippen LogP contribution in [0.25, 0.3) is 0 Å². The van der Waals surface area contributed by atoms with Crippen molar-refractivity contribution in [3.8, 4) is 0 Å². The highest BCUT2D eigenvalue weighted by molar-refractivity contribution is 6.30. The van der Waals surface area contributed by atoms with Crippen LogP contribution in [-0.4, -0.2) is 43.9 Å². The van der Waals surface area contributed by atoms with Crippen LogP contribution in [-0.2, 0) is 6.54 Å². The third-order valence-corrected chi connectivity index (χ3v) is 7.89. The van der Waals surface area contributed by atoms with Crippen molar-refractivity contribution in [3.63, 3.8) is 0 Å². The Bertz CT molecular complexity index is 1110. The highest BCUT2D eigenvalue weighted by Gasteiger charge is 2.43. The van der Waals surface area contributed by atoms with Gasteiger partial charge in [0.2, 0.25) is 5.95 Å². The van der Waals surface area contributed by atoms with Crippen LogP contribution in [0.3, 0.4) is 0 Å². The number of hydrogen-bond donors (Lipinski definition) is 1. The smallest absolute Gasteiger partial charge is 0.242 e. The minimum absolute atomic E-state index is 0.271. The van der Waals surface area contributed by atoms with E-state index in [2.05, 4.69) is 43.1 Å². The van der Waals surface area contributed by atoms with Gasteiger partial charge in [-0.05, 0) is 62.1 Å². The molecule has 7 nitrogen and oxygen atoms in total. The van der Waals surface area contributed by atoms with Crippen LogP contribution < -0.4 is 10.2 Å². The number of aromatic nitrogens is 5. The monoisotopic (exact) mass is 463 g/mol. The van der Waals surface area contributed by atoms with Crippen molar-refractivity contribution in [2.24, 2.45) is 11.8 Å². The molecule has 0 amide bonds. The summed E-state index contributed by atoms with van der Waals surface area (Å²) in [7, 11) is 0. The van der Waals surface area contributed by atoms with Crippen molar-refractivity contribution in [1.29, 1.82) is 0 Å². The van der Waals surface area contributed by atoms with Gasteiger partial charge in [-0.15, -0.1) is 5.10 Å². The third kappa shape index (κ3) is 4.07. The Morgan fingerprint density at radius 3 is 2.55 bits per heavy atom. The Labute approximate surface area is 199 Å². The SMILES string of the molecule is Cc1cc(N2C[C@H]3CC[C@@H](C2)[C@@H]3Nc2nc3n(n2)CCCCC3c2ccc(Cl)cc2)ncn1. The zero-order valence-corrected chi connectivity index (χ0v) is 19.7. The quantitative estimate of drug-likeness (QED) is 0.606. The molecule has 6 rings (SSSR count). The average Bonchev–Trinajstić information content (AvgIpc) is 3.22.